The molecule has 0 bridgehead atoms. The molecule has 174 valence electrons. The third kappa shape index (κ3) is 4.70. The average molecular weight is 446 g/mol. The van der Waals surface area contributed by atoms with Gasteiger partial charge < -0.3 is 15.5 Å². The molecule has 2 N–H and O–H groups in total. The number of nitrogens with one attached hydrogen (secondary N) is 2. The first kappa shape index (κ1) is 22.1. The predicted molar refractivity (Wildman–Crippen MR) is 130 cm³/mol. The summed E-state index contributed by atoms with van der Waals surface area (Å²) in [5.41, 5.74) is 5.14. The van der Waals surface area contributed by atoms with Crippen molar-refractivity contribution in [3.8, 4) is 0 Å². The second kappa shape index (κ2) is 9.68. The van der Waals surface area contributed by atoms with Gasteiger partial charge >= 0.3 is 0 Å². The number of carbonyl (C=O) groups excluding carboxylic acids is 2. The Morgan fingerprint density at radius 3 is 2.73 bits per heavy atom. The van der Waals surface area contributed by atoms with Gasteiger partial charge in [-0.05, 0) is 85.7 Å². The van der Waals surface area contributed by atoms with E-state index < -0.39 is 0 Å². The van der Waals surface area contributed by atoms with Crippen LogP contribution in [0.2, 0.25) is 0 Å². The van der Waals surface area contributed by atoms with Crippen LogP contribution < -0.4 is 10.6 Å². The van der Waals surface area contributed by atoms with Gasteiger partial charge in [-0.25, -0.2) is 0 Å². The van der Waals surface area contributed by atoms with Crippen LogP contribution in [-0.4, -0.2) is 49.4 Å². The molecule has 1 atom stereocenters. The third-order valence-electron chi connectivity index (χ3n) is 8.02. The molecule has 2 heterocycles. The highest BCUT2D eigenvalue weighted by Crippen LogP contribution is 2.46. The maximum absolute atomic E-state index is 13.2. The molecule has 2 amide bonds. The van der Waals surface area contributed by atoms with E-state index in [-0.39, 0.29) is 23.1 Å². The Hall–Kier alpha value is -2.66. The van der Waals surface area contributed by atoms with E-state index in [9.17, 15) is 9.59 Å². The van der Waals surface area contributed by atoms with Crippen LogP contribution in [0.1, 0.15) is 59.2 Å². The molecular formula is C28H35N3O2. The van der Waals surface area contributed by atoms with Gasteiger partial charge in [0.15, 0.2) is 0 Å². The molecule has 2 fully saturated rings. The third-order valence-corrected chi connectivity index (χ3v) is 8.02. The van der Waals surface area contributed by atoms with Crippen molar-refractivity contribution in [2.45, 2.75) is 50.4 Å². The molecule has 2 saturated heterocycles. The van der Waals surface area contributed by atoms with Crippen LogP contribution in [0.25, 0.3) is 0 Å². The number of hydrogen-bond acceptors (Lipinski definition) is 3. The summed E-state index contributed by atoms with van der Waals surface area (Å²) in [7, 11) is 0. The summed E-state index contributed by atoms with van der Waals surface area (Å²) in [6, 6.07) is 16.8. The van der Waals surface area contributed by atoms with Gasteiger partial charge in [-0.2, -0.15) is 0 Å². The lowest BCUT2D eigenvalue weighted by atomic mass is 9.74. The molecule has 5 heteroatoms. The van der Waals surface area contributed by atoms with Crippen molar-refractivity contribution >= 4 is 11.8 Å². The molecule has 5 rings (SSSR count). The predicted octanol–water partition coefficient (Wildman–Crippen LogP) is 3.47. The minimum Gasteiger partial charge on any atom is -0.355 e. The quantitative estimate of drug-likeness (QED) is 0.741. The number of amides is 2. The SMILES string of the molecule is O=C(NCCc1cccc(C(=O)N2CCC3(CCc4ccccc43)CC2)c1)C1CCCNC1. The Morgan fingerprint density at radius 2 is 1.91 bits per heavy atom. The number of piperidine rings is 2. The Balaban J connectivity index is 1.15. The van der Waals surface area contributed by atoms with Crippen molar-refractivity contribution in [1.82, 2.24) is 15.5 Å². The number of benzene rings is 2. The van der Waals surface area contributed by atoms with Crippen molar-refractivity contribution in [3.05, 3.63) is 70.8 Å². The van der Waals surface area contributed by atoms with Crippen molar-refractivity contribution in [1.29, 1.82) is 0 Å². The summed E-state index contributed by atoms with van der Waals surface area (Å²) < 4.78 is 0. The van der Waals surface area contributed by atoms with Gasteiger partial charge in [-0.3, -0.25) is 9.59 Å². The fourth-order valence-corrected chi connectivity index (χ4v) is 6.01. The topological polar surface area (TPSA) is 61.4 Å². The minimum absolute atomic E-state index is 0.0842. The highest BCUT2D eigenvalue weighted by molar-refractivity contribution is 5.94. The van der Waals surface area contributed by atoms with E-state index in [1.54, 1.807) is 0 Å². The van der Waals surface area contributed by atoms with E-state index >= 15 is 0 Å². The first-order valence-corrected chi connectivity index (χ1v) is 12.6. The molecule has 3 aliphatic rings. The molecule has 33 heavy (non-hydrogen) atoms. The molecule has 0 saturated carbocycles. The Bertz CT molecular complexity index is 1000. The van der Waals surface area contributed by atoms with Gasteiger partial charge in [-0.1, -0.05) is 36.4 Å². The van der Waals surface area contributed by atoms with Crippen molar-refractivity contribution in [2.24, 2.45) is 5.92 Å². The number of fused-ring (bicyclic) bond motifs is 2. The number of carbonyl (C=O) groups is 2. The van der Waals surface area contributed by atoms with E-state index in [0.29, 0.717) is 6.54 Å². The monoisotopic (exact) mass is 445 g/mol. The lowest BCUT2D eigenvalue weighted by molar-refractivity contribution is -0.125. The van der Waals surface area contributed by atoms with Gasteiger partial charge in [0.05, 0.1) is 5.92 Å². The largest absolute Gasteiger partial charge is 0.355 e. The van der Waals surface area contributed by atoms with Crippen LogP contribution >= 0.6 is 0 Å². The highest BCUT2D eigenvalue weighted by atomic mass is 16.2. The molecule has 2 aromatic carbocycles. The fraction of sp³-hybridized carbons (Fsp3) is 0.500. The minimum atomic E-state index is 0.0842. The van der Waals surface area contributed by atoms with Crippen molar-refractivity contribution in [2.75, 3.05) is 32.7 Å². The van der Waals surface area contributed by atoms with Crippen LogP contribution in [0, 0.1) is 5.92 Å². The number of likely N-dealkylation sites (tertiary alicyclic amines) is 1. The van der Waals surface area contributed by atoms with Gasteiger partial charge in [0.25, 0.3) is 5.91 Å². The van der Waals surface area contributed by atoms with Crippen LogP contribution in [0.5, 0.6) is 0 Å². The zero-order valence-corrected chi connectivity index (χ0v) is 19.4. The molecular weight excluding hydrogens is 410 g/mol. The zero-order chi connectivity index (χ0) is 22.7. The van der Waals surface area contributed by atoms with Crippen LogP contribution in [0.3, 0.4) is 0 Å². The summed E-state index contributed by atoms with van der Waals surface area (Å²) in [6.45, 7) is 4.04. The highest BCUT2D eigenvalue weighted by Gasteiger charge is 2.41. The number of rotatable bonds is 5. The molecule has 5 nitrogen and oxygen atoms in total. The smallest absolute Gasteiger partial charge is 0.253 e. The van der Waals surface area contributed by atoms with E-state index in [1.165, 1.54) is 24.0 Å². The first-order chi connectivity index (χ1) is 16.1. The average Bonchev–Trinajstić information content (AvgIpc) is 3.23. The number of hydrogen-bond donors (Lipinski definition) is 2. The van der Waals surface area contributed by atoms with Crippen LogP contribution in [0.4, 0.5) is 0 Å². The molecule has 1 unspecified atom stereocenters. The van der Waals surface area contributed by atoms with E-state index in [0.717, 1.165) is 69.4 Å². The van der Waals surface area contributed by atoms with Crippen LogP contribution in [0.15, 0.2) is 48.5 Å². The van der Waals surface area contributed by atoms with E-state index in [2.05, 4.69) is 34.9 Å². The summed E-state index contributed by atoms with van der Waals surface area (Å²) in [5.74, 6) is 0.362. The number of aryl methyl sites for hydroxylation is 1. The van der Waals surface area contributed by atoms with Crippen molar-refractivity contribution in [3.63, 3.8) is 0 Å². The molecule has 2 aromatic rings. The molecule has 1 aliphatic carbocycles. The normalized spacial score (nSPS) is 21.6. The van der Waals surface area contributed by atoms with Gasteiger partial charge in [0.1, 0.15) is 0 Å². The first-order valence-electron chi connectivity index (χ1n) is 12.6. The molecule has 0 aromatic heterocycles. The standard InChI is InChI=1S/C28H35N3O2/c32-26(24-8-4-15-29-20-24)30-16-11-21-5-3-7-23(19-21)27(33)31-17-13-28(14-18-31)12-10-22-6-1-2-9-25(22)28/h1-3,5-7,9,19,24,29H,4,8,10-18,20H2,(H,30,32). The van der Waals surface area contributed by atoms with E-state index in [1.807, 2.05) is 29.2 Å². The van der Waals surface area contributed by atoms with Gasteiger partial charge in [0.2, 0.25) is 5.91 Å². The molecule has 1 spiro atoms. The summed E-state index contributed by atoms with van der Waals surface area (Å²) >= 11 is 0. The maximum atomic E-state index is 13.2. The van der Waals surface area contributed by atoms with Gasteiger partial charge in [0, 0.05) is 31.7 Å². The summed E-state index contributed by atoms with van der Waals surface area (Å²) in [4.78, 5) is 27.6. The Labute approximate surface area is 196 Å². The second-order valence-corrected chi connectivity index (χ2v) is 10.0. The lowest BCUT2D eigenvalue weighted by Gasteiger charge is -2.40. The van der Waals surface area contributed by atoms with Crippen LogP contribution in [-0.2, 0) is 23.1 Å². The second-order valence-electron chi connectivity index (χ2n) is 10.0. The summed E-state index contributed by atoms with van der Waals surface area (Å²) in [6.07, 6.45) is 7.26. The molecule has 0 radical (unpaired) electrons. The van der Waals surface area contributed by atoms with E-state index in [4.69, 9.17) is 0 Å². The Morgan fingerprint density at radius 1 is 1.06 bits per heavy atom. The lowest BCUT2D eigenvalue weighted by Crippen LogP contribution is -2.44. The van der Waals surface area contributed by atoms with Gasteiger partial charge in [-0.15, -0.1) is 0 Å². The Kier molecular flexibility index (Phi) is 6.50. The fourth-order valence-electron chi connectivity index (χ4n) is 6.01. The molecule has 2 aliphatic heterocycles. The van der Waals surface area contributed by atoms with Crippen molar-refractivity contribution < 1.29 is 9.59 Å². The number of nitrogens with zero attached hydrogens (tertiary/aromatic N) is 1. The summed E-state index contributed by atoms with van der Waals surface area (Å²) in [5, 5.41) is 6.37. The zero-order valence-electron chi connectivity index (χ0n) is 19.4. The maximum Gasteiger partial charge on any atom is 0.253 e.